The molecule has 1 N–H and O–H groups in total. The summed E-state index contributed by atoms with van der Waals surface area (Å²) in [6.45, 7) is 1.93. The number of hydrogen-bond acceptors (Lipinski definition) is 7. The van der Waals surface area contributed by atoms with Crippen LogP contribution in [-0.4, -0.2) is 52.3 Å². The number of nitrogens with one attached hydrogen (secondary N) is 1. The first-order valence-corrected chi connectivity index (χ1v) is 9.50. The smallest absolute Gasteiger partial charge is 0.273 e. The standard InChI is InChI=1S/C20H21N5O3/c1-25-10-14(11-25)20-23-22-19(27-20)13-7-15(8-13)21-18(26)16-9-17(28-24-16)12-5-3-2-4-6-12/h2-6,9,13-15H,7-8,10-11H2,1H3,(H,21,26). The lowest BCUT2D eigenvalue weighted by molar-refractivity contribution is 0.0893. The number of amides is 1. The lowest BCUT2D eigenvalue weighted by Gasteiger charge is -2.34. The number of hydrogen-bond donors (Lipinski definition) is 1. The summed E-state index contributed by atoms with van der Waals surface area (Å²) in [6, 6.07) is 11.3. The van der Waals surface area contributed by atoms with Crippen LogP contribution in [0.1, 0.15) is 46.9 Å². The second-order valence-corrected chi connectivity index (χ2v) is 7.68. The topological polar surface area (TPSA) is 97.3 Å². The Balaban J connectivity index is 1.15. The first kappa shape index (κ1) is 17.1. The SMILES string of the molecule is CN1CC(c2nnc(C3CC(NC(=O)c4cc(-c5ccccc5)on4)C3)o2)C1. The summed E-state index contributed by atoms with van der Waals surface area (Å²) in [6.07, 6.45) is 1.59. The second-order valence-electron chi connectivity index (χ2n) is 7.68. The monoisotopic (exact) mass is 379 g/mol. The molecule has 144 valence electrons. The van der Waals surface area contributed by atoms with Gasteiger partial charge in [0.25, 0.3) is 5.91 Å². The highest BCUT2D eigenvalue weighted by Gasteiger charge is 2.37. The van der Waals surface area contributed by atoms with Gasteiger partial charge in [-0.15, -0.1) is 10.2 Å². The Morgan fingerprint density at radius 1 is 1.11 bits per heavy atom. The number of rotatable bonds is 5. The van der Waals surface area contributed by atoms with Gasteiger partial charge >= 0.3 is 0 Å². The largest absolute Gasteiger partial charge is 0.425 e. The van der Waals surface area contributed by atoms with E-state index in [1.54, 1.807) is 6.07 Å². The highest BCUT2D eigenvalue weighted by atomic mass is 16.5. The zero-order valence-electron chi connectivity index (χ0n) is 15.5. The third-order valence-corrected chi connectivity index (χ3v) is 5.49. The fraction of sp³-hybridized carbons (Fsp3) is 0.400. The van der Waals surface area contributed by atoms with E-state index < -0.39 is 0 Å². The molecule has 2 aliphatic rings. The van der Waals surface area contributed by atoms with Gasteiger partial charge in [0.1, 0.15) is 0 Å². The Kier molecular flexibility index (Phi) is 4.20. The third-order valence-electron chi connectivity index (χ3n) is 5.49. The van der Waals surface area contributed by atoms with Crippen LogP contribution in [0.2, 0.25) is 0 Å². The zero-order chi connectivity index (χ0) is 19.1. The Bertz CT molecular complexity index is 971. The quantitative estimate of drug-likeness (QED) is 0.727. The number of likely N-dealkylation sites (tertiary alicyclic amines) is 1. The van der Waals surface area contributed by atoms with Crippen molar-refractivity contribution in [2.45, 2.75) is 30.7 Å². The predicted octanol–water partition coefficient (Wildman–Crippen LogP) is 2.43. The van der Waals surface area contributed by atoms with Crippen molar-refractivity contribution >= 4 is 5.91 Å². The summed E-state index contributed by atoms with van der Waals surface area (Å²) in [5, 5.41) is 15.3. The normalized spacial score (nSPS) is 22.5. The molecule has 0 atom stereocenters. The van der Waals surface area contributed by atoms with Crippen LogP contribution in [0.25, 0.3) is 11.3 Å². The Morgan fingerprint density at radius 3 is 2.54 bits per heavy atom. The minimum atomic E-state index is -0.224. The van der Waals surface area contributed by atoms with Crippen LogP contribution < -0.4 is 5.32 Å². The van der Waals surface area contributed by atoms with Crippen molar-refractivity contribution in [3.8, 4) is 11.3 Å². The highest BCUT2D eigenvalue weighted by Crippen LogP contribution is 2.37. The van der Waals surface area contributed by atoms with Gasteiger partial charge in [0.05, 0.1) is 5.92 Å². The average molecular weight is 379 g/mol. The molecule has 1 saturated carbocycles. The van der Waals surface area contributed by atoms with Crippen molar-refractivity contribution in [3.05, 3.63) is 53.9 Å². The van der Waals surface area contributed by atoms with Crippen LogP contribution in [0, 0.1) is 0 Å². The van der Waals surface area contributed by atoms with E-state index in [0.29, 0.717) is 17.6 Å². The Morgan fingerprint density at radius 2 is 1.82 bits per heavy atom. The van der Waals surface area contributed by atoms with Gasteiger partial charge in [0.2, 0.25) is 11.8 Å². The highest BCUT2D eigenvalue weighted by molar-refractivity contribution is 5.93. The maximum absolute atomic E-state index is 12.4. The predicted molar refractivity (Wildman–Crippen MR) is 99.7 cm³/mol. The van der Waals surface area contributed by atoms with E-state index >= 15 is 0 Å². The Labute approximate surface area is 161 Å². The van der Waals surface area contributed by atoms with Crippen LogP contribution >= 0.6 is 0 Å². The number of nitrogens with zero attached hydrogens (tertiary/aromatic N) is 4. The molecule has 28 heavy (non-hydrogen) atoms. The van der Waals surface area contributed by atoms with Crippen molar-refractivity contribution in [3.63, 3.8) is 0 Å². The maximum Gasteiger partial charge on any atom is 0.273 e. The molecule has 1 aromatic carbocycles. The van der Waals surface area contributed by atoms with E-state index in [2.05, 4.69) is 32.6 Å². The molecule has 2 aromatic heterocycles. The molecule has 3 heterocycles. The van der Waals surface area contributed by atoms with Gasteiger partial charge in [-0.2, -0.15) is 0 Å². The first-order chi connectivity index (χ1) is 13.7. The average Bonchev–Trinajstić information content (AvgIpc) is 3.32. The Hall–Kier alpha value is -3.00. The summed E-state index contributed by atoms with van der Waals surface area (Å²) in [7, 11) is 2.07. The van der Waals surface area contributed by atoms with Crippen molar-refractivity contribution in [1.29, 1.82) is 0 Å². The van der Waals surface area contributed by atoms with Gasteiger partial charge in [-0.05, 0) is 19.9 Å². The second kappa shape index (κ2) is 6.87. The van der Waals surface area contributed by atoms with E-state index in [1.165, 1.54) is 0 Å². The fourth-order valence-electron chi connectivity index (χ4n) is 3.75. The summed E-state index contributed by atoms with van der Waals surface area (Å²) in [5.41, 5.74) is 1.18. The van der Waals surface area contributed by atoms with Gasteiger partial charge in [-0.25, -0.2) is 0 Å². The van der Waals surface area contributed by atoms with Gasteiger partial charge in [0, 0.05) is 36.7 Å². The first-order valence-electron chi connectivity index (χ1n) is 9.50. The summed E-state index contributed by atoms with van der Waals surface area (Å²) in [5.74, 6) is 2.34. The van der Waals surface area contributed by atoms with Crippen LogP contribution in [0.15, 0.2) is 45.3 Å². The van der Waals surface area contributed by atoms with Gasteiger partial charge in [-0.3, -0.25) is 4.79 Å². The molecule has 0 spiro atoms. The lowest BCUT2D eigenvalue weighted by Crippen LogP contribution is -2.43. The van der Waals surface area contributed by atoms with Crippen LogP contribution in [0.3, 0.4) is 0 Å². The molecule has 2 fully saturated rings. The van der Waals surface area contributed by atoms with E-state index in [4.69, 9.17) is 8.94 Å². The molecule has 8 heteroatoms. The minimum Gasteiger partial charge on any atom is -0.425 e. The molecule has 3 aromatic rings. The van der Waals surface area contributed by atoms with Crippen LogP contribution in [-0.2, 0) is 0 Å². The minimum absolute atomic E-state index is 0.0829. The summed E-state index contributed by atoms with van der Waals surface area (Å²) < 4.78 is 11.1. The van der Waals surface area contributed by atoms with Crippen molar-refractivity contribution in [1.82, 2.24) is 25.6 Å². The van der Waals surface area contributed by atoms with E-state index in [9.17, 15) is 4.79 Å². The van der Waals surface area contributed by atoms with Crippen LogP contribution in [0.5, 0.6) is 0 Å². The number of carbonyl (C=O) groups excluding carboxylic acids is 1. The molecule has 0 bridgehead atoms. The third kappa shape index (κ3) is 3.20. The van der Waals surface area contributed by atoms with E-state index in [1.807, 2.05) is 30.3 Å². The molecule has 1 saturated heterocycles. The van der Waals surface area contributed by atoms with Gasteiger partial charge in [0.15, 0.2) is 11.5 Å². The number of aromatic nitrogens is 3. The lowest BCUT2D eigenvalue weighted by atomic mass is 9.80. The molecular weight excluding hydrogens is 358 g/mol. The van der Waals surface area contributed by atoms with Crippen molar-refractivity contribution in [2.24, 2.45) is 0 Å². The molecule has 8 nitrogen and oxygen atoms in total. The van der Waals surface area contributed by atoms with Crippen LogP contribution in [0.4, 0.5) is 0 Å². The van der Waals surface area contributed by atoms with Gasteiger partial charge < -0.3 is 19.2 Å². The number of likely N-dealkylation sites (N-methyl/N-ethyl adjacent to an activating group) is 1. The number of carbonyl (C=O) groups is 1. The molecule has 1 aliphatic heterocycles. The van der Waals surface area contributed by atoms with Gasteiger partial charge in [-0.1, -0.05) is 35.5 Å². The molecular formula is C20H21N5O3. The fourth-order valence-corrected chi connectivity index (χ4v) is 3.75. The zero-order valence-corrected chi connectivity index (χ0v) is 15.5. The number of benzene rings is 1. The molecule has 5 rings (SSSR count). The van der Waals surface area contributed by atoms with Crippen molar-refractivity contribution in [2.75, 3.05) is 20.1 Å². The van der Waals surface area contributed by atoms with Crippen molar-refractivity contribution < 1.29 is 13.7 Å². The summed E-state index contributed by atoms with van der Waals surface area (Å²) in [4.78, 5) is 14.6. The molecule has 1 amide bonds. The molecule has 1 aliphatic carbocycles. The molecule has 0 radical (unpaired) electrons. The summed E-state index contributed by atoms with van der Waals surface area (Å²) >= 11 is 0. The van der Waals surface area contributed by atoms with E-state index in [0.717, 1.165) is 37.4 Å². The maximum atomic E-state index is 12.4. The molecule has 0 unspecified atom stereocenters. The van der Waals surface area contributed by atoms with E-state index in [-0.39, 0.29) is 23.6 Å².